The molecule has 0 aliphatic rings. The molecule has 1 aromatic carbocycles. The molecule has 1 atom stereocenters. The molecule has 0 fully saturated rings. The van der Waals surface area contributed by atoms with Gasteiger partial charge in [-0.3, -0.25) is 4.98 Å². The predicted octanol–water partition coefficient (Wildman–Crippen LogP) is 3.90. The first-order valence-electron chi connectivity index (χ1n) is 7.25. The van der Waals surface area contributed by atoms with E-state index in [1.165, 1.54) is 27.8 Å². The molecule has 1 heterocycles. The Hall–Kier alpha value is -1.67. The van der Waals surface area contributed by atoms with E-state index in [2.05, 4.69) is 49.3 Å². The van der Waals surface area contributed by atoms with E-state index in [0.717, 1.165) is 12.8 Å². The molecule has 0 spiro atoms. The zero-order valence-electron chi connectivity index (χ0n) is 12.9. The van der Waals surface area contributed by atoms with Crippen molar-refractivity contribution in [3.63, 3.8) is 0 Å². The molecule has 2 aromatic rings. The summed E-state index contributed by atoms with van der Waals surface area (Å²) in [7, 11) is 2.04. The zero-order chi connectivity index (χ0) is 14.5. The highest BCUT2D eigenvalue weighted by Crippen LogP contribution is 2.25. The van der Waals surface area contributed by atoms with Crippen LogP contribution in [0.3, 0.4) is 0 Å². The van der Waals surface area contributed by atoms with E-state index < -0.39 is 0 Å². The van der Waals surface area contributed by atoms with Gasteiger partial charge < -0.3 is 5.32 Å². The summed E-state index contributed by atoms with van der Waals surface area (Å²) in [6.07, 6.45) is 5.92. The minimum absolute atomic E-state index is 0.398. The van der Waals surface area contributed by atoms with Crippen molar-refractivity contribution < 1.29 is 0 Å². The van der Waals surface area contributed by atoms with Crippen LogP contribution in [-0.2, 0) is 6.42 Å². The summed E-state index contributed by atoms with van der Waals surface area (Å²) in [5, 5.41) is 3.46. The van der Waals surface area contributed by atoms with Gasteiger partial charge in [-0.1, -0.05) is 18.2 Å². The molecule has 0 aliphatic carbocycles. The predicted molar refractivity (Wildman–Crippen MR) is 85.0 cm³/mol. The third-order valence-corrected chi connectivity index (χ3v) is 4.05. The molecule has 0 amide bonds. The zero-order valence-corrected chi connectivity index (χ0v) is 12.9. The van der Waals surface area contributed by atoms with Gasteiger partial charge in [0.05, 0.1) is 0 Å². The molecule has 0 radical (unpaired) electrons. The van der Waals surface area contributed by atoms with Crippen molar-refractivity contribution >= 4 is 0 Å². The van der Waals surface area contributed by atoms with Crippen LogP contribution in [0.4, 0.5) is 0 Å². The van der Waals surface area contributed by atoms with Crippen LogP contribution < -0.4 is 5.32 Å². The number of aryl methyl sites for hydroxylation is 4. The maximum absolute atomic E-state index is 4.18. The number of hydrogen-bond acceptors (Lipinski definition) is 2. The summed E-state index contributed by atoms with van der Waals surface area (Å²) >= 11 is 0. The Bertz CT molecular complexity index is 561. The van der Waals surface area contributed by atoms with Crippen molar-refractivity contribution in [1.29, 1.82) is 0 Å². The van der Waals surface area contributed by atoms with Crippen LogP contribution in [0.2, 0.25) is 0 Å². The van der Waals surface area contributed by atoms with E-state index in [9.17, 15) is 0 Å². The number of aromatic nitrogens is 1. The van der Waals surface area contributed by atoms with E-state index in [4.69, 9.17) is 0 Å². The molecule has 20 heavy (non-hydrogen) atoms. The van der Waals surface area contributed by atoms with Crippen LogP contribution in [-0.4, -0.2) is 12.0 Å². The number of pyridine rings is 1. The van der Waals surface area contributed by atoms with E-state index >= 15 is 0 Å². The van der Waals surface area contributed by atoms with Gasteiger partial charge in [-0.2, -0.15) is 0 Å². The fourth-order valence-electron chi connectivity index (χ4n) is 2.67. The van der Waals surface area contributed by atoms with Gasteiger partial charge in [0.15, 0.2) is 0 Å². The summed E-state index contributed by atoms with van der Waals surface area (Å²) in [5.74, 6) is 0. The quantitative estimate of drug-likeness (QED) is 0.889. The minimum Gasteiger partial charge on any atom is -0.313 e. The first kappa shape index (κ1) is 14.7. The van der Waals surface area contributed by atoms with Gasteiger partial charge in [-0.25, -0.2) is 0 Å². The lowest BCUT2D eigenvalue weighted by molar-refractivity contribution is 0.546. The Morgan fingerprint density at radius 2 is 1.85 bits per heavy atom. The number of hydrogen-bond donors (Lipinski definition) is 1. The van der Waals surface area contributed by atoms with Crippen LogP contribution >= 0.6 is 0 Å². The maximum atomic E-state index is 4.18. The van der Waals surface area contributed by atoms with Crippen molar-refractivity contribution in [2.75, 3.05) is 7.05 Å². The second-order valence-electron chi connectivity index (χ2n) is 5.53. The van der Waals surface area contributed by atoms with Gasteiger partial charge in [0.1, 0.15) is 0 Å². The van der Waals surface area contributed by atoms with Crippen LogP contribution in [0, 0.1) is 20.8 Å². The molecule has 106 valence electrons. The molecular formula is C18H24N2. The third-order valence-electron chi connectivity index (χ3n) is 4.05. The molecule has 1 unspecified atom stereocenters. The summed E-state index contributed by atoms with van der Waals surface area (Å²) < 4.78 is 0. The molecule has 0 saturated heterocycles. The number of rotatable bonds is 5. The van der Waals surface area contributed by atoms with Gasteiger partial charge in [0.2, 0.25) is 0 Å². The molecule has 1 N–H and O–H groups in total. The largest absolute Gasteiger partial charge is 0.313 e. The lowest BCUT2D eigenvalue weighted by atomic mass is 9.92. The Morgan fingerprint density at radius 3 is 2.50 bits per heavy atom. The minimum atomic E-state index is 0.398. The lowest BCUT2D eigenvalue weighted by Gasteiger charge is -2.20. The topological polar surface area (TPSA) is 24.9 Å². The highest BCUT2D eigenvalue weighted by Gasteiger charge is 2.13. The van der Waals surface area contributed by atoms with Crippen molar-refractivity contribution in [3.05, 3.63) is 64.5 Å². The fourth-order valence-corrected chi connectivity index (χ4v) is 2.67. The van der Waals surface area contributed by atoms with E-state index in [-0.39, 0.29) is 0 Å². The van der Waals surface area contributed by atoms with E-state index in [0.29, 0.717) is 6.04 Å². The van der Waals surface area contributed by atoms with Crippen molar-refractivity contribution in [2.45, 2.75) is 39.7 Å². The van der Waals surface area contributed by atoms with E-state index in [1.807, 2.05) is 25.5 Å². The molecule has 2 heteroatoms. The fraction of sp³-hybridized carbons (Fsp3) is 0.389. The van der Waals surface area contributed by atoms with Crippen molar-refractivity contribution in [1.82, 2.24) is 10.3 Å². The number of benzene rings is 1. The average Bonchev–Trinajstić information content (AvgIpc) is 2.46. The number of nitrogens with one attached hydrogen (secondary N) is 1. The first-order chi connectivity index (χ1) is 9.61. The normalized spacial score (nSPS) is 12.4. The van der Waals surface area contributed by atoms with Gasteiger partial charge in [0, 0.05) is 18.4 Å². The third kappa shape index (κ3) is 3.45. The standard InChI is InChI=1S/C18H24N2/c1-13-10-15(3)17(11-14(13)2)18(19-4)8-7-16-6-5-9-20-12-16/h5-6,9-12,18-19H,7-8H2,1-4H3. The lowest BCUT2D eigenvalue weighted by Crippen LogP contribution is -2.18. The van der Waals surface area contributed by atoms with Gasteiger partial charge in [-0.05, 0) is 74.5 Å². The highest BCUT2D eigenvalue weighted by molar-refractivity contribution is 5.38. The van der Waals surface area contributed by atoms with Gasteiger partial charge in [-0.15, -0.1) is 0 Å². The van der Waals surface area contributed by atoms with Gasteiger partial charge >= 0.3 is 0 Å². The average molecular weight is 268 g/mol. The van der Waals surface area contributed by atoms with Crippen molar-refractivity contribution in [3.8, 4) is 0 Å². The number of nitrogens with zero attached hydrogens (tertiary/aromatic N) is 1. The van der Waals surface area contributed by atoms with E-state index in [1.54, 1.807) is 0 Å². The van der Waals surface area contributed by atoms with Crippen molar-refractivity contribution in [2.24, 2.45) is 0 Å². The molecule has 0 saturated carbocycles. The molecule has 0 bridgehead atoms. The molecule has 0 aliphatic heterocycles. The Morgan fingerprint density at radius 1 is 1.10 bits per heavy atom. The maximum Gasteiger partial charge on any atom is 0.0323 e. The van der Waals surface area contributed by atoms with Crippen LogP contribution in [0.15, 0.2) is 36.7 Å². The summed E-state index contributed by atoms with van der Waals surface area (Å²) in [5.41, 5.74) is 6.83. The molecular weight excluding hydrogens is 244 g/mol. The van der Waals surface area contributed by atoms with Crippen LogP contribution in [0.25, 0.3) is 0 Å². The Labute approximate surface area is 122 Å². The SMILES string of the molecule is CNC(CCc1cccnc1)c1cc(C)c(C)cc1C. The highest BCUT2D eigenvalue weighted by atomic mass is 14.9. The molecule has 2 nitrogen and oxygen atoms in total. The smallest absolute Gasteiger partial charge is 0.0323 e. The summed E-state index contributed by atoms with van der Waals surface area (Å²) in [6.45, 7) is 6.57. The second kappa shape index (κ2) is 6.67. The summed E-state index contributed by atoms with van der Waals surface area (Å²) in [6, 6.07) is 9.17. The van der Waals surface area contributed by atoms with Gasteiger partial charge in [0.25, 0.3) is 0 Å². The Kier molecular flexibility index (Phi) is 4.91. The van der Waals surface area contributed by atoms with Crippen LogP contribution in [0.5, 0.6) is 0 Å². The molecule has 1 aromatic heterocycles. The molecule has 2 rings (SSSR count). The monoisotopic (exact) mass is 268 g/mol. The second-order valence-corrected chi connectivity index (χ2v) is 5.53. The summed E-state index contributed by atoms with van der Waals surface area (Å²) in [4.78, 5) is 4.18. The van der Waals surface area contributed by atoms with Crippen LogP contribution in [0.1, 0.15) is 40.3 Å². The Balaban J connectivity index is 2.14. The first-order valence-corrected chi connectivity index (χ1v) is 7.25.